The maximum atomic E-state index is 12.2. The molecule has 0 unspecified atom stereocenters. The molecule has 0 bridgehead atoms. The summed E-state index contributed by atoms with van der Waals surface area (Å²) in [5.41, 5.74) is 4.00. The standard InChI is InChI=1S/C23H23N3O2/c1-16-12-20(13-21(15-24)23(27)25-10-11-28-3)17(2)26(16)22-9-8-18-6-4-5-7-19(18)14-22/h4-9,12-14H,10-11H2,1-3H3,(H,25,27)/b21-13+. The van der Waals surface area contributed by atoms with Crippen molar-refractivity contribution in [3.63, 3.8) is 0 Å². The smallest absolute Gasteiger partial charge is 0.262 e. The van der Waals surface area contributed by atoms with Crippen molar-refractivity contribution < 1.29 is 9.53 Å². The Bertz CT molecular complexity index is 1090. The van der Waals surface area contributed by atoms with Gasteiger partial charge in [-0.15, -0.1) is 0 Å². The molecule has 0 fully saturated rings. The van der Waals surface area contributed by atoms with Crippen LogP contribution in [0.4, 0.5) is 0 Å². The van der Waals surface area contributed by atoms with E-state index in [1.165, 1.54) is 10.8 Å². The zero-order valence-electron chi connectivity index (χ0n) is 16.3. The van der Waals surface area contributed by atoms with Gasteiger partial charge in [0.1, 0.15) is 11.6 Å². The Labute approximate surface area is 164 Å². The van der Waals surface area contributed by atoms with Crippen LogP contribution in [0.25, 0.3) is 22.5 Å². The molecule has 3 rings (SSSR count). The van der Waals surface area contributed by atoms with Gasteiger partial charge in [0.2, 0.25) is 0 Å². The number of fused-ring (bicyclic) bond motifs is 1. The van der Waals surface area contributed by atoms with E-state index in [0.29, 0.717) is 13.2 Å². The third-order valence-corrected chi connectivity index (χ3v) is 4.72. The summed E-state index contributed by atoms with van der Waals surface area (Å²) in [7, 11) is 1.56. The van der Waals surface area contributed by atoms with Crippen LogP contribution in [0, 0.1) is 25.2 Å². The number of nitrogens with zero attached hydrogens (tertiary/aromatic N) is 2. The third kappa shape index (κ3) is 3.98. The molecule has 1 heterocycles. The lowest BCUT2D eigenvalue weighted by atomic mass is 10.1. The summed E-state index contributed by atoms with van der Waals surface area (Å²) in [5, 5.41) is 14.4. The lowest BCUT2D eigenvalue weighted by molar-refractivity contribution is -0.117. The fourth-order valence-electron chi connectivity index (χ4n) is 3.31. The van der Waals surface area contributed by atoms with Gasteiger partial charge in [-0.05, 0) is 54.5 Å². The van der Waals surface area contributed by atoms with Crippen LogP contribution in [-0.4, -0.2) is 30.7 Å². The van der Waals surface area contributed by atoms with Gasteiger partial charge in [-0.25, -0.2) is 0 Å². The van der Waals surface area contributed by atoms with E-state index in [-0.39, 0.29) is 5.57 Å². The van der Waals surface area contributed by atoms with Gasteiger partial charge in [0.15, 0.2) is 0 Å². The Morgan fingerprint density at radius 3 is 2.64 bits per heavy atom. The molecule has 2 aromatic carbocycles. The molecule has 1 aromatic heterocycles. The highest BCUT2D eigenvalue weighted by Crippen LogP contribution is 2.25. The van der Waals surface area contributed by atoms with E-state index < -0.39 is 5.91 Å². The SMILES string of the molecule is COCCNC(=O)/C(C#N)=C/c1cc(C)n(-c2ccc3ccccc3c2)c1C. The van der Waals surface area contributed by atoms with E-state index in [1.807, 2.05) is 38.1 Å². The van der Waals surface area contributed by atoms with Crippen LogP contribution in [0.15, 0.2) is 54.1 Å². The average Bonchev–Trinajstić information content (AvgIpc) is 2.98. The Balaban J connectivity index is 1.96. The minimum absolute atomic E-state index is 0.0786. The summed E-state index contributed by atoms with van der Waals surface area (Å²) >= 11 is 0. The molecule has 0 aliphatic heterocycles. The van der Waals surface area contributed by atoms with Crippen molar-refractivity contribution in [2.24, 2.45) is 0 Å². The molecular weight excluding hydrogens is 350 g/mol. The van der Waals surface area contributed by atoms with Crippen molar-refractivity contribution in [1.82, 2.24) is 9.88 Å². The molecule has 0 saturated heterocycles. The van der Waals surface area contributed by atoms with Gasteiger partial charge < -0.3 is 14.6 Å². The van der Waals surface area contributed by atoms with Crippen molar-refractivity contribution in [3.05, 3.63) is 71.1 Å². The predicted octanol–water partition coefficient (Wildman–Crippen LogP) is 3.92. The van der Waals surface area contributed by atoms with Gasteiger partial charge >= 0.3 is 0 Å². The van der Waals surface area contributed by atoms with E-state index >= 15 is 0 Å². The zero-order chi connectivity index (χ0) is 20.1. The first-order valence-electron chi connectivity index (χ1n) is 9.12. The molecule has 142 valence electrons. The quantitative estimate of drug-likeness (QED) is 0.405. The second-order valence-electron chi connectivity index (χ2n) is 6.61. The summed E-state index contributed by atoms with van der Waals surface area (Å²) in [6, 6.07) is 18.5. The van der Waals surface area contributed by atoms with Crippen molar-refractivity contribution in [3.8, 4) is 11.8 Å². The number of benzene rings is 2. The number of aromatic nitrogens is 1. The number of nitrogens with one attached hydrogen (secondary N) is 1. The minimum Gasteiger partial charge on any atom is -0.383 e. The van der Waals surface area contributed by atoms with Gasteiger partial charge in [-0.1, -0.05) is 30.3 Å². The van der Waals surface area contributed by atoms with Crippen LogP contribution >= 0.6 is 0 Å². The Morgan fingerprint density at radius 2 is 1.93 bits per heavy atom. The van der Waals surface area contributed by atoms with Crippen LogP contribution < -0.4 is 5.32 Å². The number of hydrogen-bond acceptors (Lipinski definition) is 3. The zero-order valence-corrected chi connectivity index (χ0v) is 16.3. The van der Waals surface area contributed by atoms with Crippen LogP contribution in [0.2, 0.25) is 0 Å². The number of methoxy groups -OCH3 is 1. The highest BCUT2D eigenvalue weighted by Gasteiger charge is 2.13. The molecule has 5 nitrogen and oxygen atoms in total. The number of ether oxygens (including phenoxy) is 1. The number of hydrogen-bond donors (Lipinski definition) is 1. The summed E-state index contributed by atoms with van der Waals surface area (Å²) in [6.45, 7) is 4.78. The van der Waals surface area contributed by atoms with Gasteiger partial charge in [-0.2, -0.15) is 5.26 Å². The van der Waals surface area contributed by atoms with Crippen LogP contribution in [0.3, 0.4) is 0 Å². The molecule has 28 heavy (non-hydrogen) atoms. The topological polar surface area (TPSA) is 67.0 Å². The lowest BCUT2D eigenvalue weighted by Crippen LogP contribution is -2.27. The van der Waals surface area contributed by atoms with Crippen LogP contribution in [-0.2, 0) is 9.53 Å². The van der Waals surface area contributed by atoms with Gasteiger partial charge in [0.25, 0.3) is 5.91 Å². The van der Waals surface area contributed by atoms with E-state index in [0.717, 1.165) is 22.6 Å². The van der Waals surface area contributed by atoms with Gasteiger partial charge in [0, 0.05) is 30.7 Å². The molecule has 0 saturated carbocycles. The molecule has 1 N–H and O–H groups in total. The lowest BCUT2D eigenvalue weighted by Gasteiger charge is -2.11. The summed E-state index contributed by atoms with van der Waals surface area (Å²) < 4.78 is 7.06. The monoisotopic (exact) mass is 373 g/mol. The van der Waals surface area contributed by atoms with E-state index in [9.17, 15) is 10.1 Å². The summed E-state index contributed by atoms with van der Waals surface area (Å²) in [6.07, 6.45) is 1.64. The van der Waals surface area contributed by atoms with Crippen LogP contribution in [0.5, 0.6) is 0 Å². The van der Waals surface area contributed by atoms with Crippen molar-refractivity contribution >= 4 is 22.8 Å². The Kier molecular flexibility index (Phi) is 5.93. The first kappa shape index (κ1) is 19.4. The molecule has 0 aliphatic rings. The molecular formula is C23H23N3O2. The summed E-state index contributed by atoms with van der Waals surface area (Å²) in [5.74, 6) is -0.393. The van der Waals surface area contributed by atoms with Crippen molar-refractivity contribution in [2.45, 2.75) is 13.8 Å². The number of rotatable bonds is 6. The molecule has 3 aromatic rings. The number of aryl methyl sites for hydroxylation is 1. The second kappa shape index (κ2) is 8.55. The van der Waals surface area contributed by atoms with Crippen LogP contribution in [0.1, 0.15) is 17.0 Å². The first-order valence-corrected chi connectivity index (χ1v) is 9.12. The molecule has 0 atom stereocenters. The molecule has 1 amide bonds. The van der Waals surface area contributed by atoms with E-state index in [4.69, 9.17) is 4.74 Å². The second-order valence-corrected chi connectivity index (χ2v) is 6.61. The Morgan fingerprint density at radius 1 is 1.18 bits per heavy atom. The number of carbonyl (C=O) groups excluding carboxylic acids is 1. The maximum absolute atomic E-state index is 12.2. The van der Waals surface area contributed by atoms with Crippen molar-refractivity contribution in [1.29, 1.82) is 5.26 Å². The highest BCUT2D eigenvalue weighted by molar-refractivity contribution is 6.01. The highest BCUT2D eigenvalue weighted by atomic mass is 16.5. The Hall–Kier alpha value is -3.36. The predicted molar refractivity (Wildman–Crippen MR) is 111 cm³/mol. The van der Waals surface area contributed by atoms with Crippen molar-refractivity contribution in [2.75, 3.05) is 20.3 Å². The molecule has 5 heteroatoms. The maximum Gasteiger partial charge on any atom is 0.262 e. The largest absolute Gasteiger partial charge is 0.383 e. The molecule has 0 radical (unpaired) electrons. The summed E-state index contributed by atoms with van der Waals surface area (Å²) in [4.78, 5) is 12.2. The minimum atomic E-state index is -0.393. The average molecular weight is 373 g/mol. The number of amides is 1. The fraction of sp³-hybridized carbons (Fsp3) is 0.217. The first-order chi connectivity index (χ1) is 13.5. The van der Waals surface area contributed by atoms with E-state index in [1.54, 1.807) is 13.2 Å². The molecule has 0 aliphatic carbocycles. The third-order valence-electron chi connectivity index (χ3n) is 4.72. The van der Waals surface area contributed by atoms with Gasteiger partial charge in [-0.3, -0.25) is 4.79 Å². The van der Waals surface area contributed by atoms with E-state index in [2.05, 4.69) is 40.2 Å². The normalized spacial score (nSPS) is 11.4. The van der Waals surface area contributed by atoms with Gasteiger partial charge in [0.05, 0.1) is 6.61 Å². The number of carbonyl (C=O) groups is 1. The molecule has 0 spiro atoms. The fourth-order valence-corrected chi connectivity index (χ4v) is 3.31. The number of nitriles is 1.